The summed E-state index contributed by atoms with van der Waals surface area (Å²) in [6.07, 6.45) is 0.489. The predicted molar refractivity (Wildman–Crippen MR) is 367 cm³/mol. The van der Waals surface area contributed by atoms with E-state index in [-0.39, 0.29) is 139 Å². The van der Waals surface area contributed by atoms with Crippen molar-refractivity contribution in [2.75, 3.05) is 94.8 Å². The number of rotatable bonds is 13. The van der Waals surface area contributed by atoms with Crippen molar-refractivity contribution in [1.29, 1.82) is 0 Å². The summed E-state index contributed by atoms with van der Waals surface area (Å²) in [6.45, 7) is 15.6. The van der Waals surface area contributed by atoms with E-state index in [1.54, 1.807) is 11.8 Å². The number of fused-ring (bicyclic) bond motifs is 2. The summed E-state index contributed by atoms with van der Waals surface area (Å²) in [6, 6.07) is -6.98. The first-order valence-corrected chi connectivity index (χ1v) is 36.1. The average molecular weight is 1430 g/mol. The molecule has 5 fully saturated rings. The third kappa shape index (κ3) is 21.4. The van der Waals surface area contributed by atoms with Gasteiger partial charge in [-0.05, 0) is 99.2 Å². The molecule has 25 nitrogen and oxygen atoms in total. The van der Waals surface area contributed by atoms with E-state index in [9.17, 15) is 70.3 Å². The summed E-state index contributed by atoms with van der Waals surface area (Å²) in [5.74, 6) is -10.1. The molecule has 0 bridgehead atoms. The van der Waals surface area contributed by atoms with Crippen molar-refractivity contribution in [3.8, 4) is 0 Å². The van der Waals surface area contributed by atoms with Gasteiger partial charge < -0.3 is 64.8 Å². The second-order valence-electron chi connectivity index (χ2n) is 28.8. The molecule has 1 unspecified atom stereocenters. The minimum atomic E-state index is -4.98. The fourth-order valence-corrected chi connectivity index (χ4v) is 14.2. The van der Waals surface area contributed by atoms with E-state index in [1.807, 2.05) is 34.6 Å². The number of halogens is 4. The number of amides is 12. The number of carbonyl (C=O) groups excluding carboxylic acids is 12. The van der Waals surface area contributed by atoms with Crippen LogP contribution < -0.4 is 16.0 Å². The molecule has 4 aliphatic heterocycles. The van der Waals surface area contributed by atoms with Crippen molar-refractivity contribution in [3.63, 3.8) is 0 Å². The lowest BCUT2D eigenvalue weighted by molar-refractivity contribution is -0.156. The number of morpholine rings is 1. The molecule has 0 radical (unpaired) electrons. The number of nitrogens with zero attached hydrogens (tertiary/aromatic N) is 9. The van der Waals surface area contributed by atoms with Gasteiger partial charge in [-0.3, -0.25) is 57.5 Å². The first kappa shape index (κ1) is 82.2. The van der Waals surface area contributed by atoms with Crippen LogP contribution in [0.15, 0.2) is 30.5 Å². The lowest BCUT2D eigenvalue weighted by Crippen LogP contribution is -2.63. The minimum absolute atomic E-state index is 0.000805. The number of hydrogen-bond acceptors (Lipinski definition) is 13. The summed E-state index contributed by atoms with van der Waals surface area (Å²) in [5.41, 5.74) is -1.74. The van der Waals surface area contributed by atoms with Crippen LogP contribution in [0.25, 0.3) is 0 Å². The van der Waals surface area contributed by atoms with Gasteiger partial charge in [-0.1, -0.05) is 99.1 Å². The Morgan fingerprint density at radius 2 is 1.33 bits per heavy atom. The zero-order valence-electron chi connectivity index (χ0n) is 61.3. The molecule has 5 aliphatic rings. The molecule has 3 N–H and O–H groups in total. The molecule has 0 aromatic heterocycles. The molecule has 1 saturated carbocycles. The number of hydrogen-bond donors (Lipinski definition) is 3. The molecule has 1 aromatic carbocycles. The summed E-state index contributed by atoms with van der Waals surface area (Å²) in [5, 5.41) is 8.44. The summed E-state index contributed by atoms with van der Waals surface area (Å²) < 4.78 is 61.3. The molecule has 1 aliphatic carbocycles. The average Bonchev–Trinajstić information content (AvgIpc) is 1.27. The van der Waals surface area contributed by atoms with Gasteiger partial charge in [-0.2, -0.15) is 13.2 Å². The van der Waals surface area contributed by atoms with E-state index in [0.717, 1.165) is 48.0 Å². The molecule has 1 aromatic rings. The van der Waals surface area contributed by atoms with Crippen LogP contribution in [0, 0.1) is 29.5 Å². The Balaban J connectivity index is 1.35. The van der Waals surface area contributed by atoms with E-state index >= 15 is 4.79 Å². The van der Waals surface area contributed by atoms with Gasteiger partial charge in [-0.15, -0.1) is 0 Å². The van der Waals surface area contributed by atoms with Crippen LogP contribution in [0.1, 0.15) is 168 Å². The highest BCUT2D eigenvalue weighted by atomic mass is 19.4. The second kappa shape index (κ2) is 37.5. The van der Waals surface area contributed by atoms with Gasteiger partial charge in [0.2, 0.25) is 65.0 Å². The Morgan fingerprint density at radius 3 is 1.93 bits per heavy atom. The van der Waals surface area contributed by atoms with Crippen molar-refractivity contribution in [2.24, 2.45) is 23.7 Å². The quantitative estimate of drug-likeness (QED) is 0.171. The van der Waals surface area contributed by atoms with E-state index < -0.39 is 156 Å². The molecule has 10 atom stereocenters. The van der Waals surface area contributed by atoms with E-state index in [4.69, 9.17) is 4.74 Å². The first-order valence-electron chi connectivity index (χ1n) is 36.1. The highest BCUT2D eigenvalue weighted by Gasteiger charge is 2.47. The zero-order chi connectivity index (χ0) is 74.9. The van der Waals surface area contributed by atoms with E-state index in [1.165, 1.54) is 71.7 Å². The monoisotopic (exact) mass is 1430 g/mol. The molecule has 29 heteroatoms. The van der Waals surface area contributed by atoms with Crippen molar-refractivity contribution >= 4 is 70.9 Å². The van der Waals surface area contributed by atoms with Crippen LogP contribution in [0.2, 0.25) is 0 Å². The highest BCUT2D eigenvalue weighted by Crippen LogP contribution is 2.34. The molecular formula is C72H110F4N12O13. The SMILES string of the molecule is C=C1C(=O)N2CC[C@H]2C(=O)N(C)[C@@H](CC2CCCCC2)C(=O)N(C)CC(=O)N[C@@H](CCc2ccc(C(F)(F)F)c(F)c2)C(=O)N2CCC[C@H]2C(=O)NCCCCC(=O)N(C)[C@@H]([C@@H](C)CC)C(=O)N(C)[C@H](CC(=O)N2CCOCC2)CC(=O)N(C)[C@@H](CC(C)C)C(=O)N[C@@H](C(C)CC)C(=O)N1C. The lowest BCUT2D eigenvalue weighted by atomic mass is 9.84. The van der Waals surface area contributed by atoms with Gasteiger partial charge in [0.25, 0.3) is 5.91 Å². The summed E-state index contributed by atoms with van der Waals surface area (Å²) in [7, 11) is 8.56. The Hall–Kier alpha value is -7.72. The first-order chi connectivity index (χ1) is 47.6. The van der Waals surface area contributed by atoms with E-state index in [0.29, 0.717) is 31.4 Å². The summed E-state index contributed by atoms with van der Waals surface area (Å²) in [4.78, 5) is 187. The second-order valence-corrected chi connectivity index (χ2v) is 28.8. The smallest absolute Gasteiger partial charge is 0.378 e. The molecule has 0 spiro atoms. The fourth-order valence-electron chi connectivity index (χ4n) is 14.2. The number of alkyl halides is 3. The number of aryl methyl sites for hydroxylation is 1. The van der Waals surface area contributed by atoms with Gasteiger partial charge in [0.05, 0.1) is 25.3 Å². The largest absolute Gasteiger partial charge is 0.419 e. The fraction of sp³-hybridized carbons (Fsp3) is 0.722. The van der Waals surface area contributed by atoms with Crippen molar-refractivity contribution in [1.82, 2.24) is 60.0 Å². The normalized spacial score (nSPS) is 26.4. The van der Waals surface area contributed by atoms with Crippen LogP contribution in [0.3, 0.4) is 0 Å². The van der Waals surface area contributed by atoms with Gasteiger partial charge in [0, 0.05) is 100 Å². The van der Waals surface area contributed by atoms with Crippen molar-refractivity contribution in [2.45, 2.75) is 218 Å². The Kier molecular flexibility index (Phi) is 30.5. The number of benzene rings is 1. The van der Waals surface area contributed by atoms with Gasteiger partial charge in [0.1, 0.15) is 53.8 Å². The lowest BCUT2D eigenvalue weighted by Gasteiger charge is -2.44. The third-order valence-electron chi connectivity index (χ3n) is 21.3. The standard InChI is InChI=1S/C72H110F4N12O13/c1-14-45(5)62-70(99)81(9)47(7)66(95)88-33-30-55(88)69(98)84(12)57(40-48-22-17-16-18-23-48)68(97)80(8)43-58(89)78-53(29-27-49-26-28-51(52(73)39-49)72(74,75)76)67(96)87-32-21-24-54(87)64(93)77-31-20-19-25-59(90)85(13)63(46(6)15-2)71(100)82(10)50(42-61(92)86-34-36-101-37-35-86)41-60(91)83(11)56(38-44(3)4)65(94)79-62/h26,28,39,44-46,48,50,53-57,62-63H,7,14-25,27,29-38,40-43H2,1-6,8-13H3,(H,77,93)(H,78,89)(H,79,94)/t45?,46-,50-,53-,54-,55-,56-,57-,62-,63-/m0/s1. The molecule has 101 heavy (non-hydrogen) atoms. The maximum Gasteiger partial charge on any atom is 0.419 e. The van der Waals surface area contributed by atoms with Crippen LogP contribution >= 0.6 is 0 Å². The summed E-state index contributed by atoms with van der Waals surface area (Å²) >= 11 is 0. The maximum absolute atomic E-state index is 15.1. The number of carbonyl (C=O) groups is 12. The Bertz CT molecular complexity index is 3140. The molecule has 6 rings (SSSR count). The third-order valence-corrected chi connectivity index (χ3v) is 21.3. The van der Waals surface area contributed by atoms with Crippen LogP contribution in [0.5, 0.6) is 0 Å². The predicted octanol–water partition coefficient (Wildman–Crippen LogP) is 5.12. The number of ether oxygens (including phenoxy) is 1. The molecule has 4 saturated heterocycles. The molecular weight excluding hydrogens is 1320 g/mol. The molecule has 12 amide bonds. The van der Waals surface area contributed by atoms with Gasteiger partial charge >= 0.3 is 6.18 Å². The van der Waals surface area contributed by atoms with E-state index in [2.05, 4.69) is 22.5 Å². The van der Waals surface area contributed by atoms with Gasteiger partial charge in [-0.25, -0.2) is 4.39 Å². The minimum Gasteiger partial charge on any atom is -0.378 e. The van der Waals surface area contributed by atoms with Crippen LogP contribution in [-0.2, 0) is 74.9 Å². The maximum atomic E-state index is 15.1. The Labute approximate surface area is 592 Å². The van der Waals surface area contributed by atoms with Crippen LogP contribution in [-0.4, -0.2) is 258 Å². The topological polar surface area (TPSA) is 279 Å². The van der Waals surface area contributed by atoms with Gasteiger partial charge in [0.15, 0.2) is 0 Å². The van der Waals surface area contributed by atoms with Crippen molar-refractivity contribution < 1.29 is 79.8 Å². The zero-order valence-corrected chi connectivity index (χ0v) is 61.3. The van der Waals surface area contributed by atoms with Crippen molar-refractivity contribution in [3.05, 3.63) is 47.4 Å². The number of nitrogens with one attached hydrogen (secondary N) is 3. The molecule has 564 valence electrons. The Morgan fingerprint density at radius 1 is 0.663 bits per heavy atom. The van der Waals surface area contributed by atoms with Crippen LogP contribution in [0.4, 0.5) is 17.6 Å². The molecule has 4 heterocycles. The highest BCUT2D eigenvalue weighted by molar-refractivity contribution is 6.03. The number of likely N-dealkylation sites (N-methyl/N-ethyl adjacent to an activating group) is 6.